The van der Waals surface area contributed by atoms with E-state index in [-0.39, 0.29) is 17.7 Å². The molecule has 0 aromatic carbocycles. The van der Waals surface area contributed by atoms with E-state index in [9.17, 15) is 9.90 Å². The summed E-state index contributed by atoms with van der Waals surface area (Å²) in [5.74, 6) is 0.248. The Morgan fingerprint density at radius 3 is 2.94 bits per heavy atom. The molecule has 2 rings (SSSR count). The molecule has 1 aliphatic rings. The van der Waals surface area contributed by atoms with E-state index in [1.807, 2.05) is 11.8 Å². The number of aliphatic hydroxyl groups excluding tert-OH is 1. The molecule has 2 heterocycles. The standard InChI is InChI=1S/C11H15ClN4O2/c1-11(10(13)18)2-3-16(5-11)9-7(4-17)8(12)14-6-15-9/h6,17H,2-5H2,1H3,(H2,13,18). The van der Waals surface area contributed by atoms with E-state index in [1.165, 1.54) is 6.33 Å². The minimum atomic E-state index is -0.565. The molecule has 1 unspecified atom stereocenters. The van der Waals surface area contributed by atoms with E-state index < -0.39 is 5.41 Å². The van der Waals surface area contributed by atoms with Gasteiger partial charge in [0.05, 0.1) is 17.6 Å². The highest BCUT2D eigenvalue weighted by atomic mass is 35.5. The second kappa shape index (κ2) is 4.70. The van der Waals surface area contributed by atoms with E-state index >= 15 is 0 Å². The summed E-state index contributed by atoms with van der Waals surface area (Å²) in [5, 5.41) is 9.55. The van der Waals surface area contributed by atoms with Gasteiger partial charge in [-0.1, -0.05) is 11.6 Å². The van der Waals surface area contributed by atoms with Crippen molar-refractivity contribution in [3.63, 3.8) is 0 Å². The molecule has 1 fully saturated rings. The first-order chi connectivity index (χ1) is 8.48. The van der Waals surface area contributed by atoms with Crippen molar-refractivity contribution in [2.45, 2.75) is 20.0 Å². The van der Waals surface area contributed by atoms with Crippen LogP contribution >= 0.6 is 11.6 Å². The first-order valence-corrected chi connectivity index (χ1v) is 6.01. The Morgan fingerprint density at radius 1 is 1.67 bits per heavy atom. The minimum Gasteiger partial charge on any atom is -0.391 e. The van der Waals surface area contributed by atoms with Crippen LogP contribution in [0, 0.1) is 5.41 Å². The molecule has 3 N–H and O–H groups in total. The molecule has 0 spiro atoms. The van der Waals surface area contributed by atoms with E-state index in [4.69, 9.17) is 17.3 Å². The molecule has 0 radical (unpaired) electrons. The van der Waals surface area contributed by atoms with E-state index in [0.717, 1.165) is 0 Å². The van der Waals surface area contributed by atoms with Crippen LogP contribution in [0.4, 0.5) is 5.82 Å². The average Bonchev–Trinajstić information content (AvgIpc) is 2.73. The van der Waals surface area contributed by atoms with Crippen molar-refractivity contribution >= 4 is 23.3 Å². The molecule has 0 bridgehead atoms. The van der Waals surface area contributed by atoms with Crippen LogP contribution in [-0.2, 0) is 11.4 Å². The maximum Gasteiger partial charge on any atom is 0.225 e. The van der Waals surface area contributed by atoms with Crippen LogP contribution in [0.3, 0.4) is 0 Å². The number of aliphatic hydroxyl groups is 1. The molecular weight excluding hydrogens is 256 g/mol. The Hall–Kier alpha value is -1.40. The smallest absolute Gasteiger partial charge is 0.225 e. The number of primary amides is 1. The molecule has 0 saturated carbocycles. The summed E-state index contributed by atoms with van der Waals surface area (Å²) in [6, 6.07) is 0. The van der Waals surface area contributed by atoms with Gasteiger partial charge < -0.3 is 15.7 Å². The number of carbonyl (C=O) groups excluding carboxylic acids is 1. The van der Waals surface area contributed by atoms with Crippen molar-refractivity contribution in [3.8, 4) is 0 Å². The molecule has 1 atom stereocenters. The fourth-order valence-electron chi connectivity index (χ4n) is 2.13. The molecule has 1 aliphatic heterocycles. The number of carbonyl (C=O) groups is 1. The van der Waals surface area contributed by atoms with Gasteiger partial charge in [0.15, 0.2) is 0 Å². The molecule has 6 nitrogen and oxygen atoms in total. The zero-order chi connectivity index (χ0) is 13.3. The van der Waals surface area contributed by atoms with Crippen LogP contribution in [-0.4, -0.2) is 34.1 Å². The van der Waals surface area contributed by atoms with E-state index in [1.54, 1.807) is 0 Å². The second-order valence-corrected chi connectivity index (χ2v) is 5.08. The number of hydrogen-bond donors (Lipinski definition) is 2. The van der Waals surface area contributed by atoms with Crippen molar-refractivity contribution < 1.29 is 9.90 Å². The molecule has 1 aromatic heterocycles. The Balaban J connectivity index is 2.30. The number of halogens is 1. The minimum absolute atomic E-state index is 0.232. The largest absolute Gasteiger partial charge is 0.391 e. The average molecular weight is 271 g/mol. The number of amides is 1. The summed E-state index contributed by atoms with van der Waals surface area (Å²) in [4.78, 5) is 21.3. The molecule has 0 aliphatic carbocycles. The van der Waals surface area contributed by atoms with Crippen LogP contribution in [0.25, 0.3) is 0 Å². The first kappa shape index (κ1) is 13.0. The van der Waals surface area contributed by atoms with Gasteiger partial charge in [0.25, 0.3) is 0 Å². The zero-order valence-corrected chi connectivity index (χ0v) is 10.8. The quantitative estimate of drug-likeness (QED) is 0.772. The Bertz CT molecular complexity index is 482. The van der Waals surface area contributed by atoms with Crippen LogP contribution in [0.15, 0.2) is 6.33 Å². The Morgan fingerprint density at radius 2 is 2.39 bits per heavy atom. The van der Waals surface area contributed by atoms with Crippen molar-refractivity contribution in [2.24, 2.45) is 11.1 Å². The predicted octanol–water partition coefficient (Wildman–Crippen LogP) is 0.324. The van der Waals surface area contributed by atoms with Crippen molar-refractivity contribution in [1.82, 2.24) is 9.97 Å². The molecule has 1 saturated heterocycles. The zero-order valence-electron chi connectivity index (χ0n) is 10.1. The van der Waals surface area contributed by atoms with Gasteiger partial charge in [-0.15, -0.1) is 0 Å². The lowest BCUT2D eigenvalue weighted by Crippen LogP contribution is -2.37. The summed E-state index contributed by atoms with van der Waals surface area (Å²) in [6.07, 6.45) is 2.01. The van der Waals surface area contributed by atoms with Crippen molar-refractivity contribution in [2.75, 3.05) is 18.0 Å². The van der Waals surface area contributed by atoms with Crippen molar-refractivity contribution in [3.05, 3.63) is 17.0 Å². The summed E-state index contributed by atoms with van der Waals surface area (Å²) < 4.78 is 0. The first-order valence-electron chi connectivity index (χ1n) is 5.63. The highest BCUT2D eigenvalue weighted by Gasteiger charge is 2.40. The summed E-state index contributed by atoms with van der Waals surface area (Å²) in [5.41, 5.74) is 5.31. The third-order valence-electron chi connectivity index (χ3n) is 3.40. The monoisotopic (exact) mass is 270 g/mol. The summed E-state index contributed by atoms with van der Waals surface area (Å²) in [6.45, 7) is 2.72. The molecule has 98 valence electrons. The van der Waals surface area contributed by atoms with Crippen molar-refractivity contribution in [1.29, 1.82) is 0 Å². The number of anilines is 1. The Kier molecular flexibility index (Phi) is 3.41. The van der Waals surface area contributed by atoms with Gasteiger partial charge in [0.2, 0.25) is 5.91 Å². The number of aromatic nitrogens is 2. The maximum atomic E-state index is 11.4. The lowest BCUT2D eigenvalue weighted by atomic mass is 9.89. The number of nitrogens with zero attached hydrogens (tertiary/aromatic N) is 3. The summed E-state index contributed by atoms with van der Waals surface area (Å²) in [7, 11) is 0. The molecule has 1 amide bonds. The van der Waals surface area contributed by atoms with E-state index in [2.05, 4.69) is 9.97 Å². The number of nitrogens with two attached hydrogens (primary N) is 1. The third-order valence-corrected chi connectivity index (χ3v) is 3.72. The van der Waals surface area contributed by atoms with Gasteiger partial charge in [-0.05, 0) is 13.3 Å². The topological polar surface area (TPSA) is 92.3 Å². The van der Waals surface area contributed by atoms with Gasteiger partial charge >= 0.3 is 0 Å². The van der Waals surface area contributed by atoms with Gasteiger partial charge in [-0.2, -0.15) is 0 Å². The van der Waals surface area contributed by atoms with Gasteiger partial charge in [-0.25, -0.2) is 9.97 Å². The molecule has 18 heavy (non-hydrogen) atoms. The highest BCUT2D eigenvalue weighted by Crippen LogP contribution is 2.34. The third kappa shape index (κ3) is 2.13. The Labute approximate surface area is 110 Å². The lowest BCUT2D eigenvalue weighted by Gasteiger charge is -2.23. The predicted molar refractivity (Wildman–Crippen MR) is 67.1 cm³/mol. The van der Waals surface area contributed by atoms with Gasteiger partial charge in [0, 0.05) is 13.1 Å². The summed E-state index contributed by atoms with van der Waals surface area (Å²) >= 11 is 5.91. The second-order valence-electron chi connectivity index (χ2n) is 4.72. The fraction of sp³-hybridized carbons (Fsp3) is 0.545. The highest BCUT2D eigenvalue weighted by molar-refractivity contribution is 6.30. The van der Waals surface area contributed by atoms with Gasteiger partial charge in [-0.3, -0.25) is 4.79 Å². The van der Waals surface area contributed by atoms with Crippen LogP contribution in [0.1, 0.15) is 18.9 Å². The van der Waals surface area contributed by atoms with Crippen LogP contribution in [0.5, 0.6) is 0 Å². The maximum absolute atomic E-state index is 11.4. The van der Waals surface area contributed by atoms with Crippen LogP contribution in [0.2, 0.25) is 5.15 Å². The number of hydrogen-bond acceptors (Lipinski definition) is 5. The van der Waals surface area contributed by atoms with E-state index in [0.29, 0.717) is 30.9 Å². The lowest BCUT2D eigenvalue weighted by molar-refractivity contribution is -0.125. The normalized spacial score (nSPS) is 23.4. The molecular formula is C11H15ClN4O2. The number of rotatable bonds is 3. The fourth-order valence-corrected chi connectivity index (χ4v) is 2.32. The molecule has 7 heteroatoms. The van der Waals surface area contributed by atoms with Crippen LogP contribution < -0.4 is 10.6 Å². The molecule has 1 aromatic rings. The SMILES string of the molecule is CC1(C(N)=O)CCN(c2ncnc(Cl)c2CO)C1. The van der Waals surface area contributed by atoms with Gasteiger partial charge in [0.1, 0.15) is 17.3 Å².